The van der Waals surface area contributed by atoms with E-state index < -0.39 is 6.57 Å². The summed E-state index contributed by atoms with van der Waals surface area (Å²) in [6.07, 6.45) is 0. The second-order valence-corrected chi connectivity index (χ2v) is 6.52. The molecule has 2 rings (SSSR count). The van der Waals surface area contributed by atoms with Crippen LogP contribution in [0.25, 0.3) is 0 Å². The minimum atomic E-state index is -3.42. The van der Waals surface area contributed by atoms with Gasteiger partial charge in [0, 0.05) is 16.9 Å². The molecule has 12 heavy (non-hydrogen) atoms. The molecule has 0 spiro atoms. The Labute approximate surface area is 73.0 Å². The van der Waals surface area contributed by atoms with Crippen LogP contribution in [-0.2, 0) is 4.57 Å². The molecule has 0 saturated heterocycles. The first kappa shape index (κ1) is 8.05. The summed E-state index contributed by atoms with van der Waals surface area (Å²) in [6.45, 7) is -3.42. The summed E-state index contributed by atoms with van der Waals surface area (Å²) in [5.74, 6) is 0. The number of hydrogen-bond donors (Lipinski definition) is 1. The summed E-state index contributed by atoms with van der Waals surface area (Å²) >= 11 is 0.524. The first-order valence-electron chi connectivity index (χ1n) is 3.27. The van der Waals surface area contributed by atoms with Gasteiger partial charge in [-0.25, -0.2) is 0 Å². The van der Waals surface area contributed by atoms with Crippen LogP contribution in [0.4, 0.5) is 0 Å². The molecule has 0 aromatic heterocycles. The Morgan fingerprint density at radius 2 is 2.00 bits per heavy atom. The van der Waals surface area contributed by atoms with Gasteiger partial charge in [-0.15, -0.1) is 0 Å². The van der Waals surface area contributed by atoms with Gasteiger partial charge in [-0.05, 0) is 12.1 Å². The smallest absolute Gasteiger partial charge is 0.293 e. The molecule has 0 aliphatic carbocycles. The Hall–Kier alpha value is -0.570. The number of benzene rings is 1. The van der Waals surface area contributed by atoms with Crippen LogP contribution >= 0.6 is 18.0 Å². The van der Waals surface area contributed by atoms with Gasteiger partial charge in [0.1, 0.15) is 0 Å². The molecule has 3 nitrogen and oxygen atoms in total. The van der Waals surface area contributed by atoms with Crippen LogP contribution in [0.15, 0.2) is 24.3 Å². The predicted octanol–water partition coefficient (Wildman–Crippen LogP) is 1.38. The first-order valence-corrected chi connectivity index (χ1v) is 6.36. The van der Waals surface area contributed by atoms with Crippen molar-refractivity contribution < 1.29 is 14.3 Å². The maximum atomic E-state index is 11.3. The lowest BCUT2D eigenvalue weighted by Gasteiger charge is -1.99. The van der Waals surface area contributed by atoms with Crippen molar-refractivity contribution in [1.29, 1.82) is 0 Å². The normalized spacial score (nSPS) is 27.2. The van der Waals surface area contributed by atoms with Crippen LogP contribution in [0.5, 0.6) is 0 Å². The number of fused-ring (bicyclic) bond motifs is 1. The maximum absolute atomic E-state index is 11.3. The van der Waals surface area contributed by atoms with Crippen LogP contribution in [0.1, 0.15) is 10.4 Å². The van der Waals surface area contributed by atoms with E-state index in [9.17, 15) is 14.3 Å². The average Bonchev–Trinajstić information content (AvgIpc) is 2.25. The highest BCUT2D eigenvalue weighted by molar-refractivity contribution is 8.66. The third-order valence-corrected chi connectivity index (χ3v) is 5.10. The van der Waals surface area contributed by atoms with E-state index in [1.807, 2.05) is 0 Å². The van der Waals surface area contributed by atoms with Crippen molar-refractivity contribution in [3.63, 3.8) is 0 Å². The van der Waals surface area contributed by atoms with Crippen LogP contribution in [-0.4, -0.2) is 10.0 Å². The molecular weight excluding hydrogens is 195 g/mol. The molecule has 1 aliphatic heterocycles. The van der Waals surface area contributed by atoms with Crippen molar-refractivity contribution in [3.05, 3.63) is 29.8 Å². The van der Waals surface area contributed by atoms with Gasteiger partial charge in [0.05, 0.1) is 5.30 Å². The minimum Gasteiger partial charge on any atom is -0.333 e. The molecule has 1 atom stereocenters. The molecule has 1 aliphatic rings. The van der Waals surface area contributed by atoms with Gasteiger partial charge in [-0.3, -0.25) is 9.36 Å². The third kappa shape index (κ3) is 1.04. The molecule has 1 unspecified atom stereocenters. The molecule has 0 radical (unpaired) electrons. The van der Waals surface area contributed by atoms with Gasteiger partial charge in [0.2, 0.25) is 5.12 Å². The zero-order valence-electron chi connectivity index (χ0n) is 5.93. The highest BCUT2D eigenvalue weighted by Crippen LogP contribution is 2.59. The second kappa shape index (κ2) is 2.46. The van der Waals surface area contributed by atoms with E-state index in [1.54, 1.807) is 18.2 Å². The lowest BCUT2D eigenvalue weighted by Crippen LogP contribution is -2.02. The van der Waals surface area contributed by atoms with E-state index in [1.165, 1.54) is 6.07 Å². The predicted molar refractivity (Wildman–Crippen MR) is 47.8 cm³/mol. The van der Waals surface area contributed by atoms with E-state index in [0.29, 0.717) is 16.9 Å². The summed E-state index contributed by atoms with van der Waals surface area (Å²) in [4.78, 5) is 20.4. The van der Waals surface area contributed by atoms with E-state index >= 15 is 0 Å². The van der Waals surface area contributed by atoms with Crippen LogP contribution in [0, 0.1) is 0 Å². The van der Waals surface area contributed by atoms with E-state index in [2.05, 4.69) is 0 Å². The Bertz CT molecular complexity index is 401. The number of carbonyl (C=O) groups is 1. The SMILES string of the molecule is O=C1SP(=O)(O)c2ccccc21. The number of rotatable bonds is 0. The fourth-order valence-electron chi connectivity index (χ4n) is 1.10. The maximum Gasteiger partial charge on any atom is 0.293 e. The second-order valence-electron chi connectivity index (χ2n) is 2.42. The van der Waals surface area contributed by atoms with Gasteiger partial charge in [0.25, 0.3) is 6.57 Å². The van der Waals surface area contributed by atoms with Gasteiger partial charge >= 0.3 is 0 Å². The Morgan fingerprint density at radius 1 is 1.33 bits per heavy atom. The quantitative estimate of drug-likeness (QED) is 0.643. The molecule has 62 valence electrons. The fraction of sp³-hybridized carbons (Fsp3) is 0. The molecule has 1 heterocycles. The average molecular weight is 200 g/mol. The molecule has 5 heteroatoms. The molecule has 1 N–H and O–H groups in total. The highest BCUT2D eigenvalue weighted by atomic mass is 32.7. The highest BCUT2D eigenvalue weighted by Gasteiger charge is 2.38. The Morgan fingerprint density at radius 3 is 2.67 bits per heavy atom. The molecule has 1 aromatic rings. The minimum absolute atomic E-state index is 0.278. The van der Waals surface area contributed by atoms with Crippen molar-refractivity contribution in [2.45, 2.75) is 0 Å². The summed E-state index contributed by atoms with van der Waals surface area (Å²) < 4.78 is 11.3. The van der Waals surface area contributed by atoms with Crippen molar-refractivity contribution in [3.8, 4) is 0 Å². The summed E-state index contributed by atoms with van der Waals surface area (Å²) in [5.41, 5.74) is 0.369. The largest absolute Gasteiger partial charge is 0.333 e. The van der Waals surface area contributed by atoms with E-state index in [4.69, 9.17) is 0 Å². The Kier molecular flexibility index (Phi) is 1.65. The standard InChI is InChI=1S/C7H5O3PS/c8-7-5-3-1-2-4-6(5)11(9,10)12-7/h1-4H,(H,9,10). The molecule has 0 bridgehead atoms. The zero-order valence-corrected chi connectivity index (χ0v) is 7.64. The molecule has 0 fully saturated rings. The van der Waals surface area contributed by atoms with Crippen molar-refractivity contribution >= 4 is 28.4 Å². The van der Waals surface area contributed by atoms with Crippen LogP contribution in [0.2, 0.25) is 0 Å². The molecule has 0 saturated carbocycles. The molecule has 1 aromatic carbocycles. The Balaban J connectivity index is 2.74. The molecular formula is C7H5O3PS. The number of hydrogen-bond acceptors (Lipinski definition) is 3. The zero-order chi connectivity index (χ0) is 8.77. The van der Waals surface area contributed by atoms with Gasteiger partial charge in [-0.2, -0.15) is 0 Å². The van der Waals surface area contributed by atoms with Gasteiger partial charge in [-0.1, -0.05) is 12.1 Å². The monoisotopic (exact) mass is 200 g/mol. The van der Waals surface area contributed by atoms with Gasteiger partial charge in [0.15, 0.2) is 0 Å². The van der Waals surface area contributed by atoms with Crippen LogP contribution < -0.4 is 5.30 Å². The summed E-state index contributed by atoms with van der Waals surface area (Å²) in [5, 5.41) is -0.0311. The lowest BCUT2D eigenvalue weighted by molar-refractivity contribution is 0.109. The third-order valence-electron chi connectivity index (χ3n) is 1.64. The van der Waals surface area contributed by atoms with E-state index in [-0.39, 0.29) is 10.4 Å². The first-order chi connectivity index (χ1) is 5.61. The van der Waals surface area contributed by atoms with Crippen LogP contribution in [0.3, 0.4) is 0 Å². The molecule has 0 amide bonds. The van der Waals surface area contributed by atoms with E-state index in [0.717, 1.165) is 0 Å². The summed E-state index contributed by atoms with van der Waals surface area (Å²) in [6, 6.07) is 6.43. The number of carbonyl (C=O) groups excluding carboxylic acids is 1. The fourth-order valence-corrected chi connectivity index (χ4v) is 4.28. The van der Waals surface area contributed by atoms with Crippen molar-refractivity contribution in [2.24, 2.45) is 0 Å². The lowest BCUT2D eigenvalue weighted by atomic mass is 10.2. The van der Waals surface area contributed by atoms with Gasteiger partial charge < -0.3 is 4.89 Å². The topological polar surface area (TPSA) is 54.4 Å². The van der Waals surface area contributed by atoms with Crippen molar-refractivity contribution in [1.82, 2.24) is 0 Å². The summed E-state index contributed by atoms with van der Waals surface area (Å²) in [7, 11) is 0. The van der Waals surface area contributed by atoms with Crippen molar-refractivity contribution in [2.75, 3.05) is 0 Å².